The van der Waals surface area contributed by atoms with Crippen LogP contribution in [0.3, 0.4) is 0 Å². The predicted molar refractivity (Wildman–Crippen MR) is 59.4 cm³/mol. The minimum atomic E-state index is 0.414. The van der Waals surface area contributed by atoms with E-state index in [2.05, 4.69) is 5.32 Å². The lowest BCUT2D eigenvalue weighted by molar-refractivity contribution is -0.592. The Morgan fingerprint density at radius 2 is 2.31 bits per heavy atom. The molecule has 86 valence electrons. The van der Waals surface area contributed by atoms with Crippen molar-refractivity contribution in [3.05, 3.63) is 29.3 Å². The van der Waals surface area contributed by atoms with Crippen LogP contribution in [-0.2, 0) is 6.42 Å². The molecule has 0 spiro atoms. The highest BCUT2D eigenvalue weighted by Crippen LogP contribution is 2.20. The van der Waals surface area contributed by atoms with Gasteiger partial charge in [0, 0.05) is 18.7 Å². The van der Waals surface area contributed by atoms with Crippen LogP contribution < -0.4 is 14.8 Å². The Bertz CT molecular complexity index is 493. The van der Waals surface area contributed by atoms with Gasteiger partial charge in [0.15, 0.2) is 0 Å². The van der Waals surface area contributed by atoms with E-state index in [1.165, 1.54) is 0 Å². The summed E-state index contributed by atoms with van der Waals surface area (Å²) in [6, 6.07) is 5.16. The second kappa shape index (κ2) is 4.40. The van der Waals surface area contributed by atoms with Crippen LogP contribution in [0.15, 0.2) is 22.6 Å². The zero-order valence-electron chi connectivity index (χ0n) is 9.32. The number of nitrogens with zero attached hydrogens (tertiary/aromatic N) is 1. The monoisotopic (exact) mass is 222 g/mol. The maximum Gasteiger partial charge on any atom is 0.360 e. The number of aromatic nitrogens is 1. The maximum atomic E-state index is 11.8. The van der Waals surface area contributed by atoms with E-state index in [-0.39, 0.29) is 0 Å². The average Bonchev–Trinajstić information content (AvgIpc) is 2.63. The summed E-state index contributed by atoms with van der Waals surface area (Å²) < 4.78 is 11.4. The van der Waals surface area contributed by atoms with Crippen molar-refractivity contribution in [2.75, 3.05) is 20.7 Å². The van der Waals surface area contributed by atoms with Crippen molar-refractivity contribution in [2.24, 2.45) is 0 Å². The van der Waals surface area contributed by atoms with Crippen molar-refractivity contribution < 1.29 is 13.9 Å². The summed E-state index contributed by atoms with van der Waals surface area (Å²) in [5.74, 6) is 1.10. The van der Waals surface area contributed by atoms with Crippen LogP contribution in [0.1, 0.15) is 5.89 Å². The van der Waals surface area contributed by atoms with Gasteiger partial charge in [0.2, 0.25) is 5.58 Å². The Labute approximate surface area is 93.2 Å². The van der Waals surface area contributed by atoms with Gasteiger partial charge in [-0.05, 0) is 13.1 Å². The fourth-order valence-electron chi connectivity index (χ4n) is 1.56. The molecule has 0 bridgehead atoms. The SMILES string of the molecule is CNCCc1oc2cc(OC)ccc2[n+]1[O-]. The van der Waals surface area contributed by atoms with Crippen molar-refractivity contribution in [3.63, 3.8) is 0 Å². The third kappa shape index (κ3) is 1.81. The number of hydrogen-bond donors (Lipinski definition) is 1. The molecule has 2 aromatic rings. The van der Waals surface area contributed by atoms with E-state index in [0.717, 1.165) is 4.73 Å². The first kappa shape index (κ1) is 10.8. The number of oxazole rings is 1. The Morgan fingerprint density at radius 3 is 3.00 bits per heavy atom. The number of hydrogen-bond acceptors (Lipinski definition) is 4. The molecule has 0 saturated heterocycles. The molecule has 0 atom stereocenters. The van der Waals surface area contributed by atoms with Crippen molar-refractivity contribution >= 4 is 11.1 Å². The molecule has 0 aliphatic rings. The normalized spacial score (nSPS) is 10.9. The number of benzene rings is 1. The average molecular weight is 222 g/mol. The topological polar surface area (TPSA) is 61.3 Å². The summed E-state index contributed by atoms with van der Waals surface area (Å²) in [6.45, 7) is 0.708. The predicted octanol–water partition coefficient (Wildman–Crippen LogP) is 0.837. The number of likely N-dealkylation sites (N-methyl/N-ethyl adjacent to an activating group) is 1. The first-order valence-electron chi connectivity index (χ1n) is 5.10. The Hall–Kier alpha value is -1.75. The zero-order valence-corrected chi connectivity index (χ0v) is 9.32. The van der Waals surface area contributed by atoms with Gasteiger partial charge in [-0.1, -0.05) is 0 Å². The van der Waals surface area contributed by atoms with Crippen LogP contribution in [0.2, 0.25) is 0 Å². The fourth-order valence-corrected chi connectivity index (χ4v) is 1.56. The van der Waals surface area contributed by atoms with E-state index in [1.807, 2.05) is 7.05 Å². The second-order valence-electron chi connectivity index (χ2n) is 3.48. The summed E-state index contributed by atoms with van der Waals surface area (Å²) in [5.41, 5.74) is 1.09. The minimum absolute atomic E-state index is 0.414. The second-order valence-corrected chi connectivity index (χ2v) is 3.48. The van der Waals surface area contributed by atoms with Gasteiger partial charge >= 0.3 is 5.89 Å². The van der Waals surface area contributed by atoms with E-state index in [1.54, 1.807) is 25.3 Å². The summed E-state index contributed by atoms with van der Waals surface area (Å²) in [7, 11) is 3.41. The molecule has 0 saturated carbocycles. The standard InChI is InChI=1S/C11H14N2O3/c1-12-6-5-11-13(14)9-4-3-8(15-2)7-10(9)16-11/h3-4,7,12H,5-6H2,1-2H3. The van der Waals surface area contributed by atoms with Crippen LogP contribution in [0, 0.1) is 5.21 Å². The molecule has 0 fully saturated rings. The zero-order chi connectivity index (χ0) is 11.5. The van der Waals surface area contributed by atoms with E-state index in [9.17, 15) is 5.21 Å². The minimum Gasteiger partial charge on any atom is -0.616 e. The smallest absolute Gasteiger partial charge is 0.360 e. The lowest BCUT2D eigenvalue weighted by atomic mass is 10.3. The van der Waals surface area contributed by atoms with Gasteiger partial charge in [-0.15, -0.1) is 4.73 Å². The van der Waals surface area contributed by atoms with E-state index < -0.39 is 0 Å². The van der Waals surface area contributed by atoms with Crippen molar-refractivity contribution in [3.8, 4) is 5.75 Å². The summed E-state index contributed by atoms with van der Waals surface area (Å²) in [5, 5.41) is 14.8. The van der Waals surface area contributed by atoms with Gasteiger partial charge in [-0.3, -0.25) is 0 Å². The number of methoxy groups -OCH3 is 1. The van der Waals surface area contributed by atoms with Gasteiger partial charge in [-0.2, -0.15) is 0 Å². The summed E-state index contributed by atoms with van der Waals surface area (Å²) >= 11 is 0. The van der Waals surface area contributed by atoms with Gasteiger partial charge in [0.05, 0.1) is 13.5 Å². The molecule has 2 rings (SSSR count). The lowest BCUT2D eigenvalue weighted by Crippen LogP contribution is -2.30. The molecule has 0 amide bonds. The summed E-state index contributed by atoms with van der Waals surface area (Å²) in [4.78, 5) is 0. The van der Waals surface area contributed by atoms with Crippen molar-refractivity contribution in [1.82, 2.24) is 5.32 Å². The first-order valence-corrected chi connectivity index (χ1v) is 5.10. The quantitative estimate of drug-likeness (QED) is 0.615. The third-order valence-electron chi connectivity index (χ3n) is 2.43. The Balaban J connectivity index is 2.41. The van der Waals surface area contributed by atoms with Gasteiger partial charge < -0.3 is 19.7 Å². The highest BCUT2D eigenvalue weighted by molar-refractivity contribution is 5.71. The van der Waals surface area contributed by atoms with E-state index >= 15 is 0 Å². The van der Waals surface area contributed by atoms with Gasteiger partial charge in [0.1, 0.15) is 5.75 Å². The number of ether oxygens (including phenoxy) is 1. The van der Waals surface area contributed by atoms with Crippen LogP contribution in [0.25, 0.3) is 11.1 Å². The molecule has 0 aliphatic carbocycles. The van der Waals surface area contributed by atoms with Gasteiger partial charge in [-0.25, -0.2) is 0 Å². The van der Waals surface area contributed by atoms with E-state index in [4.69, 9.17) is 9.15 Å². The van der Waals surface area contributed by atoms with Crippen LogP contribution >= 0.6 is 0 Å². The number of nitrogens with one attached hydrogen (secondary N) is 1. The molecule has 5 heteroatoms. The first-order chi connectivity index (χ1) is 7.76. The largest absolute Gasteiger partial charge is 0.616 e. The van der Waals surface area contributed by atoms with Crippen LogP contribution in [0.5, 0.6) is 5.75 Å². The number of rotatable bonds is 4. The highest BCUT2D eigenvalue weighted by atomic mass is 16.5. The molecule has 16 heavy (non-hydrogen) atoms. The molecular weight excluding hydrogens is 208 g/mol. The molecule has 1 aromatic heterocycles. The third-order valence-corrected chi connectivity index (χ3v) is 2.43. The van der Waals surface area contributed by atoms with Crippen LogP contribution in [-0.4, -0.2) is 20.7 Å². The van der Waals surface area contributed by atoms with Crippen molar-refractivity contribution in [2.45, 2.75) is 6.42 Å². The molecule has 1 N–H and O–H groups in total. The molecule has 0 radical (unpaired) electrons. The Kier molecular flexibility index (Phi) is 2.96. The number of fused-ring (bicyclic) bond motifs is 1. The van der Waals surface area contributed by atoms with Gasteiger partial charge in [0.25, 0.3) is 5.52 Å². The Morgan fingerprint density at radius 1 is 1.50 bits per heavy atom. The lowest BCUT2D eigenvalue weighted by Gasteiger charge is -1.96. The van der Waals surface area contributed by atoms with Crippen LogP contribution in [0.4, 0.5) is 0 Å². The fraction of sp³-hybridized carbons (Fsp3) is 0.364. The molecule has 1 aromatic carbocycles. The maximum absolute atomic E-state index is 11.8. The van der Waals surface area contributed by atoms with E-state index in [0.29, 0.717) is 35.7 Å². The van der Waals surface area contributed by atoms with Crippen molar-refractivity contribution in [1.29, 1.82) is 0 Å². The molecule has 0 aliphatic heterocycles. The molecule has 1 heterocycles. The summed E-state index contributed by atoms with van der Waals surface area (Å²) in [6.07, 6.45) is 0.566. The molecule has 0 unspecified atom stereocenters. The molecule has 5 nitrogen and oxygen atoms in total. The molecular formula is C11H14N2O3. The highest BCUT2D eigenvalue weighted by Gasteiger charge is 2.17.